The molecule has 2 amide bonds. The van der Waals surface area contributed by atoms with Crippen molar-refractivity contribution < 1.29 is 18.9 Å². The molecule has 0 atom stereocenters. The number of fused-ring (bicyclic) bond motifs is 1. The van der Waals surface area contributed by atoms with Crippen LogP contribution in [0.25, 0.3) is 10.9 Å². The van der Waals surface area contributed by atoms with Gasteiger partial charge in [0.05, 0.1) is 21.0 Å². The number of rotatable bonds is 5. The average molecular weight is 547 g/mol. The third-order valence-corrected chi connectivity index (χ3v) is 7.50. The van der Waals surface area contributed by atoms with E-state index in [-0.39, 0.29) is 28.6 Å². The van der Waals surface area contributed by atoms with Gasteiger partial charge in [0.1, 0.15) is 5.82 Å². The number of piperidine rings is 1. The minimum atomic E-state index is -0.822. The predicted molar refractivity (Wildman–Crippen MR) is 147 cm³/mol. The molecule has 1 fully saturated rings. The molecular formula is C29H24ClFN4O4. The predicted octanol–water partition coefficient (Wildman–Crippen LogP) is 6.52. The number of nitro groups is 1. The monoisotopic (exact) mass is 546 g/mol. The highest BCUT2D eigenvalue weighted by molar-refractivity contribution is 6.35. The fourth-order valence-corrected chi connectivity index (χ4v) is 5.24. The molecule has 0 saturated carbocycles. The van der Waals surface area contributed by atoms with E-state index in [1.54, 1.807) is 36.5 Å². The van der Waals surface area contributed by atoms with Gasteiger partial charge < -0.3 is 10.2 Å². The van der Waals surface area contributed by atoms with E-state index in [4.69, 9.17) is 11.6 Å². The van der Waals surface area contributed by atoms with Gasteiger partial charge in [0.25, 0.3) is 17.5 Å². The molecule has 4 aromatic rings. The molecule has 8 nitrogen and oxygen atoms in total. The Morgan fingerprint density at radius 3 is 2.49 bits per heavy atom. The van der Waals surface area contributed by atoms with E-state index < -0.39 is 16.6 Å². The van der Waals surface area contributed by atoms with Crippen LogP contribution in [0.5, 0.6) is 0 Å². The zero-order valence-electron chi connectivity index (χ0n) is 21.0. The van der Waals surface area contributed by atoms with Crippen LogP contribution in [0, 0.1) is 22.9 Å². The highest BCUT2D eigenvalue weighted by Crippen LogP contribution is 2.31. The van der Waals surface area contributed by atoms with Crippen molar-refractivity contribution in [2.45, 2.75) is 25.7 Å². The molecule has 0 unspecified atom stereocenters. The molecule has 1 N–H and O–H groups in total. The fourth-order valence-electron chi connectivity index (χ4n) is 5.02. The molecule has 1 aliphatic rings. The summed E-state index contributed by atoms with van der Waals surface area (Å²) >= 11 is 6.21. The van der Waals surface area contributed by atoms with Gasteiger partial charge in [0, 0.05) is 47.6 Å². The van der Waals surface area contributed by atoms with Gasteiger partial charge in [-0.3, -0.25) is 24.7 Å². The van der Waals surface area contributed by atoms with Crippen molar-refractivity contribution in [1.82, 2.24) is 9.88 Å². The molecule has 0 spiro atoms. The number of anilines is 1. The number of carbonyl (C=O) groups is 2. The molecule has 1 aromatic heterocycles. The zero-order valence-corrected chi connectivity index (χ0v) is 21.7. The van der Waals surface area contributed by atoms with E-state index in [0.717, 1.165) is 35.9 Å². The summed E-state index contributed by atoms with van der Waals surface area (Å²) in [4.78, 5) is 42.5. The summed E-state index contributed by atoms with van der Waals surface area (Å²) < 4.78 is 14.3. The molecule has 198 valence electrons. The van der Waals surface area contributed by atoms with Crippen LogP contribution in [-0.2, 0) is 0 Å². The maximum absolute atomic E-state index is 14.3. The van der Waals surface area contributed by atoms with Crippen LogP contribution in [-0.4, -0.2) is 39.7 Å². The van der Waals surface area contributed by atoms with Crippen molar-refractivity contribution >= 4 is 45.7 Å². The van der Waals surface area contributed by atoms with Crippen LogP contribution in [0.2, 0.25) is 5.02 Å². The summed E-state index contributed by atoms with van der Waals surface area (Å²) in [5, 5.41) is 15.2. The Balaban J connectivity index is 1.21. The van der Waals surface area contributed by atoms with Gasteiger partial charge >= 0.3 is 0 Å². The minimum Gasteiger partial charge on any atom is -0.339 e. The number of benzene rings is 3. The lowest BCUT2D eigenvalue weighted by Gasteiger charge is -2.32. The van der Waals surface area contributed by atoms with Gasteiger partial charge in [-0.25, -0.2) is 4.39 Å². The van der Waals surface area contributed by atoms with Crippen LogP contribution in [0.4, 0.5) is 15.8 Å². The molecule has 5 rings (SSSR count). The van der Waals surface area contributed by atoms with Crippen molar-refractivity contribution in [1.29, 1.82) is 0 Å². The topological polar surface area (TPSA) is 105 Å². The number of aromatic nitrogens is 1. The van der Waals surface area contributed by atoms with Gasteiger partial charge in [-0.15, -0.1) is 0 Å². The van der Waals surface area contributed by atoms with Crippen molar-refractivity contribution in [3.05, 3.63) is 110 Å². The van der Waals surface area contributed by atoms with Crippen LogP contribution in [0.15, 0.2) is 66.9 Å². The molecular weight excluding hydrogens is 523 g/mol. The van der Waals surface area contributed by atoms with Crippen molar-refractivity contribution in [2.75, 3.05) is 18.4 Å². The molecule has 0 radical (unpaired) electrons. The van der Waals surface area contributed by atoms with E-state index in [1.165, 1.54) is 6.92 Å². The number of amides is 2. The third kappa shape index (κ3) is 5.31. The normalized spacial score (nSPS) is 13.9. The molecule has 3 aromatic carbocycles. The van der Waals surface area contributed by atoms with Gasteiger partial charge in [-0.1, -0.05) is 29.8 Å². The Bertz CT molecular complexity index is 1600. The molecule has 1 saturated heterocycles. The highest BCUT2D eigenvalue weighted by atomic mass is 35.5. The van der Waals surface area contributed by atoms with Crippen molar-refractivity contribution in [3.8, 4) is 0 Å². The van der Waals surface area contributed by atoms with Crippen LogP contribution in [0.1, 0.15) is 50.6 Å². The van der Waals surface area contributed by atoms with Crippen LogP contribution in [0.3, 0.4) is 0 Å². The van der Waals surface area contributed by atoms with E-state index in [9.17, 15) is 24.1 Å². The summed E-state index contributed by atoms with van der Waals surface area (Å²) in [5.74, 6) is -1.37. The number of pyridine rings is 1. The number of likely N-dealkylation sites (tertiary alicyclic amines) is 1. The second kappa shape index (κ2) is 10.8. The smallest absolute Gasteiger partial charge is 0.273 e. The lowest BCUT2D eigenvalue weighted by atomic mass is 9.89. The first-order valence-electron chi connectivity index (χ1n) is 12.4. The molecule has 2 heterocycles. The summed E-state index contributed by atoms with van der Waals surface area (Å²) in [5.41, 5.74) is 2.08. The Morgan fingerprint density at radius 2 is 1.79 bits per heavy atom. The summed E-state index contributed by atoms with van der Waals surface area (Å²) in [7, 11) is 0. The number of carbonyl (C=O) groups excluding carboxylic acids is 2. The Hall–Kier alpha value is -4.37. The molecule has 1 aliphatic heterocycles. The second-order valence-corrected chi connectivity index (χ2v) is 9.90. The van der Waals surface area contributed by atoms with E-state index in [0.29, 0.717) is 34.9 Å². The quantitative estimate of drug-likeness (QED) is 0.227. The average Bonchev–Trinajstić information content (AvgIpc) is 2.93. The van der Waals surface area contributed by atoms with Gasteiger partial charge in [0.15, 0.2) is 0 Å². The number of nitrogens with one attached hydrogen (secondary N) is 1. The Kier molecular flexibility index (Phi) is 7.26. The third-order valence-electron chi connectivity index (χ3n) is 7.17. The van der Waals surface area contributed by atoms with Crippen molar-refractivity contribution in [3.63, 3.8) is 0 Å². The number of hydrogen-bond donors (Lipinski definition) is 1. The largest absolute Gasteiger partial charge is 0.339 e. The maximum Gasteiger partial charge on any atom is 0.273 e. The van der Waals surface area contributed by atoms with Crippen LogP contribution >= 0.6 is 11.6 Å². The van der Waals surface area contributed by atoms with Gasteiger partial charge in [-0.2, -0.15) is 0 Å². The summed E-state index contributed by atoms with van der Waals surface area (Å²) in [6.45, 7) is 2.56. The lowest BCUT2D eigenvalue weighted by molar-refractivity contribution is -0.385. The first kappa shape index (κ1) is 26.2. The first-order chi connectivity index (χ1) is 18.7. The second-order valence-electron chi connectivity index (χ2n) is 9.49. The van der Waals surface area contributed by atoms with Crippen molar-refractivity contribution in [2.24, 2.45) is 0 Å². The lowest BCUT2D eigenvalue weighted by Crippen LogP contribution is -2.37. The molecule has 0 bridgehead atoms. The molecule has 39 heavy (non-hydrogen) atoms. The minimum absolute atomic E-state index is 0.0285. The van der Waals surface area contributed by atoms with E-state index >= 15 is 0 Å². The fraction of sp³-hybridized carbons (Fsp3) is 0.207. The number of nitro benzene ring substituents is 1. The van der Waals surface area contributed by atoms with Gasteiger partial charge in [0.2, 0.25) is 0 Å². The van der Waals surface area contributed by atoms with E-state index in [2.05, 4.69) is 10.3 Å². The molecule has 10 heteroatoms. The SMILES string of the molecule is Cc1c([N+](=O)[O-])ccc(F)c1C(=O)Nc1ccc(C2CCN(C(=O)c3ccc4c(Cl)ccnc4c3)CC2)cc1. The number of halogens is 2. The Morgan fingerprint density at radius 1 is 1.08 bits per heavy atom. The van der Waals surface area contributed by atoms with E-state index in [1.807, 2.05) is 23.1 Å². The van der Waals surface area contributed by atoms with Gasteiger partial charge in [-0.05, 0) is 67.6 Å². The number of nitrogens with zero attached hydrogens (tertiary/aromatic N) is 3. The maximum atomic E-state index is 14.3. The standard InChI is InChI=1S/C29H24ClFN4O4/c1-17-26(35(38)39)9-8-24(31)27(17)28(36)33-21-5-2-18(3-6-21)19-11-14-34(15-12-19)29(37)20-4-7-22-23(30)10-13-32-25(22)16-20/h2-10,13,16,19H,11-12,14-15H2,1H3,(H,33,36). The number of hydrogen-bond acceptors (Lipinski definition) is 5. The zero-order chi connectivity index (χ0) is 27.7. The summed E-state index contributed by atoms with van der Waals surface area (Å²) in [6, 6.07) is 16.3. The highest BCUT2D eigenvalue weighted by Gasteiger charge is 2.26. The molecule has 0 aliphatic carbocycles. The summed E-state index contributed by atoms with van der Waals surface area (Å²) in [6.07, 6.45) is 3.19. The Labute approximate surface area is 228 Å². The van der Waals surface area contributed by atoms with Crippen LogP contribution < -0.4 is 5.32 Å². The first-order valence-corrected chi connectivity index (χ1v) is 12.8.